The van der Waals surface area contributed by atoms with Crippen molar-refractivity contribution in [1.82, 2.24) is 9.55 Å². The average molecular weight is 491 g/mol. The van der Waals surface area contributed by atoms with Gasteiger partial charge in [0.15, 0.2) is 0 Å². The van der Waals surface area contributed by atoms with Gasteiger partial charge >= 0.3 is 0 Å². The summed E-state index contributed by atoms with van der Waals surface area (Å²) < 4.78 is 1.96. The summed E-state index contributed by atoms with van der Waals surface area (Å²) in [6.45, 7) is 14.4. The van der Waals surface area contributed by atoms with Gasteiger partial charge in [0.2, 0.25) is 0 Å². The van der Waals surface area contributed by atoms with Crippen LogP contribution >= 0.6 is 25.3 Å². The van der Waals surface area contributed by atoms with Crippen molar-refractivity contribution in [2.45, 2.75) is 102 Å². The second-order valence-corrected chi connectivity index (χ2v) is 15.0. The molecule has 1 N–H and O–H groups in total. The summed E-state index contributed by atoms with van der Waals surface area (Å²) in [7, 11) is 0. The molecule has 0 amide bonds. The Kier molecular flexibility index (Phi) is 5.94. The second kappa shape index (κ2) is 8.06. The maximum absolute atomic E-state index is 12.2. The van der Waals surface area contributed by atoms with Crippen LogP contribution in [0, 0.1) is 47.3 Å². The van der Waals surface area contributed by atoms with Crippen molar-refractivity contribution in [3.05, 3.63) is 30.4 Å². The van der Waals surface area contributed by atoms with Crippen molar-refractivity contribution >= 4 is 25.3 Å². The van der Waals surface area contributed by atoms with Gasteiger partial charge < -0.3 is 9.67 Å². The summed E-state index contributed by atoms with van der Waals surface area (Å²) in [6, 6.07) is 0. The second-order valence-electron chi connectivity index (χ2n) is 12.8. The van der Waals surface area contributed by atoms with Crippen molar-refractivity contribution < 1.29 is 6.53 Å². The first-order valence-electron chi connectivity index (χ1n) is 13.2. The largest absolute Gasteiger partial charge is 0.385 e. The summed E-state index contributed by atoms with van der Waals surface area (Å²) in [5.74, 6) is 4.56. The van der Waals surface area contributed by atoms with E-state index >= 15 is 0 Å². The van der Waals surface area contributed by atoms with Gasteiger partial charge in [0, 0.05) is 25.8 Å². The van der Waals surface area contributed by atoms with E-state index < -0.39 is 5.60 Å². The van der Waals surface area contributed by atoms with E-state index in [0.29, 0.717) is 23.8 Å². The van der Waals surface area contributed by atoms with Gasteiger partial charge in [-0.25, -0.2) is 4.98 Å². The zero-order chi connectivity index (χ0) is 23.8. The van der Waals surface area contributed by atoms with Gasteiger partial charge in [0.25, 0.3) is 0 Å². The number of aryl methyl sites for hydroxylation is 1. The normalized spacial score (nSPS) is 45.2. The molecular weight excluding hydrogens is 444 g/mol. The number of hydrogen-bond donors (Lipinski definition) is 3. The minimum Gasteiger partial charge on any atom is -0.385 e. The van der Waals surface area contributed by atoms with Gasteiger partial charge in [0.05, 0.1) is 9.68 Å². The highest BCUT2D eigenvalue weighted by Gasteiger charge is 2.65. The highest BCUT2D eigenvalue weighted by atomic mass is 32.2. The summed E-state index contributed by atoms with van der Waals surface area (Å²) in [5, 5.41) is 12.2. The van der Waals surface area contributed by atoms with E-state index in [1.54, 1.807) is 0 Å². The third-order valence-electron chi connectivity index (χ3n) is 11.5. The quantitative estimate of drug-likeness (QED) is 0.242. The fraction of sp³-hybridized carbons (Fsp3) is 0.821. The van der Waals surface area contributed by atoms with Gasteiger partial charge in [0.1, 0.15) is 5.82 Å². The number of rotatable bonds is 4. The molecule has 0 bridgehead atoms. The molecule has 4 aliphatic rings. The SMILES string of the molecule is C=C(Cn1ccnc1C)C1(O)CCC2C3CCC4CC(C(C)(S)S)CCC4(C)C3CCC21C.[HH]. The molecule has 0 spiro atoms. The molecule has 1 aromatic rings. The van der Waals surface area contributed by atoms with Crippen LogP contribution in [-0.4, -0.2) is 24.3 Å². The van der Waals surface area contributed by atoms with E-state index in [-0.39, 0.29) is 10.9 Å². The van der Waals surface area contributed by atoms with Crippen molar-refractivity contribution in [2.24, 2.45) is 40.4 Å². The highest BCUT2D eigenvalue weighted by Crippen LogP contribution is 2.69. The summed E-state index contributed by atoms with van der Waals surface area (Å²) in [4.78, 5) is 4.37. The van der Waals surface area contributed by atoms with Crippen LogP contribution in [-0.2, 0) is 6.54 Å². The minimum absolute atomic E-state index is 0. The molecule has 4 saturated carbocycles. The lowest BCUT2D eigenvalue weighted by Crippen LogP contribution is -2.57. The summed E-state index contributed by atoms with van der Waals surface area (Å²) in [6.07, 6.45) is 14.8. The molecule has 8 unspecified atom stereocenters. The maximum atomic E-state index is 12.2. The standard InChI is InChI=1S/C28H44N2OS2.H2/c1-18(17-30-15-14-29-19(30)2)28(31)13-10-24-22-7-6-20-16-21(27(5,32)33)8-11-25(20,3)23(22)9-12-26(24,28)4;/h14-15,20-24,31-33H,1,6-13,16-17H2,2-5H3;1H. The van der Waals surface area contributed by atoms with Crippen LogP contribution < -0.4 is 0 Å². The monoisotopic (exact) mass is 490 g/mol. The molecule has 5 rings (SSSR count). The van der Waals surface area contributed by atoms with Crippen LogP contribution in [0.5, 0.6) is 0 Å². The van der Waals surface area contributed by atoms with E-state index in [4.69, 9.17) is 25.3 Å². The van der Waals surface area contributed by atoms with Crippen LogP contribution in [0.2, 0.25) is 0 Å². The Morgan fingerprint density at radius 1 is 1.18 bits per heavy atom. The molecule has 0 aromatic carbocycles. The lowest BCUT2D eigenvalue weighted by molar-refractivity contribution is -0.145. The molecule has 33 heavy (non-hydrogen) atoms. The molecule has 4 fully saturated rings. The van der Waals surface area contributed by atoms with Gasteiger partial charge in [-0.1, -0.05) is 20.4 Å². The average Bonchev–Trinajstić information content (AvgIpc) is 3.27. The smallest absolute Gasteiger partial charge is 0.105 e. The van der Waals surface area contributed by atoms with Crippen LogP contribution in [0.3, 0.4) is 0 Å². The van der Waals surface area contributed by atoms with E-state index in [2.05, 4.69) is 36.9 Å². The Morgan fingerprint density at radius 3 is 2.58 bits per heavy atom. The molecule has 0 aliphatic heterocycles. The van der Waals surface area contributed by atoms with Crippen molar-refractivity contribution in [2.75, 3.05) is 0 Å². The van der Waals surface area contributed by atoms with Crippen molar-refractivity contribution in [1.29, 1.82) is 0 Å². The number of imidazole rings is 1. The lowest BCUT2D eigenvalue weighted by Gasteiger charge is -2.62. The van der Waals surface area contributed by atoms with Crippen molar-refractivity contribution in [3.63, 3.8) is 0 Å². The number of hydrogen-bond acceptors (Lipinski definition) is 4. The molecule has 5 heteroatoms. The number of fused-ring (bicyclic) bond motifs is 5. The van der Waals surface area contributed by atoms with Crippen LogP contribution in [0.4, 0.5) is 0 Å². The molecule has 4 aliphatic carbocycles. The molecule has 1 aromatic heterocycles. The van der Waals surface area contributed by atoms with Crippen LogP contribution in [0.1, 0.15) is 85.8 Å². The van der Waals surface area contributed by atoms with Crippen molar-refractivity contribution in [3.8, 4) is 0 Å². The lowest BCUT2D eigenvalue weighted by atomic mass is 9.43. The number of nitrogens with zero attached hydrogens (tertiary/aromatic N) is 2. The number of thiol groups is 2. The third kappa shape index (κ3) is 3.61. The first kappa shape index (κ1) is 24.3. The minimum atomic E-state index is -0.769. The Hall–Kier alpha value is -0.390. The van der Waals surface area contributed by atoms with Gasteiger partial charge in [-0.05, 0) is 112 Å². The molecule has 8 atom stereocenters. The fourth-order valence-corrected chi connectivity index (χ4v) is 9.73. The predicted molar refractivity (Wildman–Crippen MR) is 145 cm³/mol. The molecule has 0 radical (unpaired) electrons. The Balaban J connectivity index is 0.00000274. The van der Waals surface area contributed by atoms with Gasteiger partial charge in [-0.3, -0.25) is 0 Å². The Morgan fingerprint density at radius 2 is 1.91 bits per heavy atom. The van der Waals surface area contributed by atoms with Gasteiger partial charge in [-0.2, -0.15) is 25.3 Å². The summed E-state index contributed by atoms with van der Waals surface area (Å²) in [5.41, 5.74) is 0.595. The first-order valence-corrected chi connectivity index (χ1v) is 14.1. The summed E-state index contributed by atoms with van der Waals surface area (Å²) >= 11 is 9.67. The van der Waals surface area contributed by atoms with E-state index in [1.165, 1.54) is 38.5 Å². The predicted octanol–water partition coefficient (Wildman–Crippen LogP) is 6.96. The molecule has 3 nitrogen and oxygen atoms in total. The third-order valence-corrected chi connectivity index (χ3v) is 12.2. The molecular formula is C28H46N2OS2. The highest BCUT2D eigenvalue weighted by molar-refractivity contribution is 8.00. The van der Waals surface area contributed by atoms with Gasteiger partial charge in [-0.15, -0.1) is 0 Å². The zero-order valence-electron chi connectivity index (χ0n) is 21.1. The zero-order valence-corrected chi connectivity index (χ0v) is 22.8. The molecule has 0 saturated heterocycles. The maximum Gasteiger partial charge on any atom is 0.105 e. The van der Waals surface area contributed by atoms with Crippen LogP contribution in [0.15, 0.2) is 24.5 Å². The first-order chi connectivity index (χ1) is 15.4. The Bertz CT molecular complexity index is 928. The fourth-order valence-electron chi connectivity index (χ4n) is 9.26. The molecule has 186 valence electrons. The molecule has 1 heterocycles. The van der Waals surface area contributed by atoms with E-state index in [1.807, 2.05) is 19.3 Å². The van der Waals surface area contributed by atoms with Crippen LogP contribution in [0.25, 0.3) is 0 Å². The van der Waals surface area contributed by atoms with E-state index in [9.17, 15) is 5.11 Å². The number of aliphatic hydroxyl groups is 1. The van der Waals surface area contributed by atoms with E-state index in [0.717, 1.165) is 48.4 Å². The topological polar surface area (TPSA) is 38.0 Å². The number of aromatic nitrogens is 2. The Labute approximate surface area is 213 Å².